The number of carboxylic acids is 1. The second-order valence-corrected chi connectivity index (χ2v) is 5.09. The molecular formula is C16H23NO4. The largest absolute Gasteiger partial charge is 0.483 e. The van der Waals surface area contributed by atoms with Crippen LogP contribution in [0, 0.1) is 13.8 Å². The minimum atomic E-state index is -1.01. The number of benzene rings is 1. The van der Waals surface area contributed by atoms with Crippen molar-refractivity contribution in [2.24, 2.45) is 0 Å². The number of rotatable bonds is 8. The summed E-state index contributed by atoms with van der Waals surface area (Å²) in [6, 6.07) is 4.77. The Labute approximate surface area is 125 Å². The second kappa shape index (κ2) is 8.29. The molecule has 2 N–H and O–H groups in total. The molecule has 0 unspecified atom stereocenters. The molecule has 0 heterocycles. The lowest BCUT2D eigenvalue weighted by molar-refractivity contribution is -0.142. The number of hydrogen-bond donors (Lipinski definition) is 2. The summed E-state index contributed by atoms with van der Waals surface area (Å²) in [5.41, 5.74) is 2.06. The topological polar surface area (TPSA) is 75.6 Å². The molecule has 0 aliphatic carbocycles. The van der Waals surface area contributed by atoms with Crippen LogP contribution in [0.4, 0.5) is 0 Å². The Hall–Kier alpha value is -2.04. The molecule has 0 bridgehead atoms. The fourth-order valence-electron chi connectivity index (χ4n) is 1.93. The van der Waals surface area contributed by atoms with E-state index in [9.17, 15) is 9.59 Å². The number of unbranched alkanes of at least 4 members (excludes halogenated alkanes) is 1. The van der Waals surface area contributed by atoms with Crippen molar-refractivity contribution in [3.8, 4) is 5.75 Å². The highest BCUT2D eigenvalue weighted by Crippen LogP contribution is 2.20. The summed E-state index contributed by atoms with van der Waals surface area (Å²) in [5, 5.41) is 11.6. The van der Waals surface area contributed by atoms with Crippen LogP contribution in [0.5, 0.6) is 5.75 Å². The predicted molar refractivity (Wildman–Crippen MR) is 80.5 cm³/mol. The Kier molecular flexibility index (Phi) is 6.72. The highest BCUT2D eigenvalue weighted by Gasteiger charge is 2.19. The third-order valence-corrected chi connectivity index (χ3v) is 3.39. The molecule has 0 saturated carbocycles. The molecule has 1 amide bonds. The van der Waals surface area contributed by atoms with Crippen LogP contribution >= 0.6 is 0 Å². The molecule has 1 rings (SSSR count). The Bertz CT molecular complexity index is 499. The van der Waals surface area contributed by atoms with Crippen LogP contribution in [0.1, 0.15) is 37.3 Å². The molecule has 0 radical (unpaired) electrons. The van der Waals surface area contributed by atoms with Gasteiger partial charge in [-0.25, -0.2) is 4.79 Å². The Balaban J connectivity index is 2.52. The van der Waals surface area contributed by atoms with Crippen LogP contribution in [0.25, 0.3) is 0 Å². The number of hydrogen-bond acceptors (Lipinski definition) is 3. The van der Waals surface area contributed by atoms with Gasteiger partial charge in [0.2, 0.25) is 0 Å². The molecule has 0 fully saturated rings. The van der Waals surface area contributed by atoms with Crippen molar-refractivity contribution < 1.29 is 19.4 Å². The number of carbonyl (C=O) groups excluding carboxylic acids is 1. The number of aliphatic carboxylic acids is 1. The van der Waals surface area contributed by atoms with Gasteiger partial charge in [0.05, 0.1) is 0 Å². The molecule has 0 spiro atoms. The van der Waals surface area contributed by atoms with Gasteiger partial charge in [0.25, 0.3) is 5.91 Å². The van der Waals surface area contributed by atoms with Crippen LogP contribution in [0.2, 0.25) is 0 Å². The lowest BCUT2D eigenvalue weighted by atomic mass is 10.1. The Morgan fingerprint density at radius 3 is 2.67 bits per heavy atom. The summed E-state index contributed by atoms with van der Waals surface area (Å²) in [5.74, 6) is -0.784. The van der Waals surface area contributed by atoms with Gasteiger partial charge in [-0.2, -0.15) is 0 Å². The van der Waals surface area contributed by atoms with Gasteiger partial charge in [-0.3, -0.25) is 4.79 Å². The van der Waals surface area contributed by atoms with Crippen LogP contribution in [0.3, 0.4) is 0 Å². The molecule has 0 aliphatic rings. The van der Waals surface area contributed by atoms with E-state index in [1.807, 2.05) is 32.9 Å². The molecule has 1 atom stereocenters. The average Bonchev–Trinajstić information content (AvgIpc) is 2.44. The van der Waals surface area contributed by atoms with Gasteiger partial charge in [0, 0.05) is 0 Å². The van der Waals surface area contributed by atoms with Crippen molar-refractivity contribution in [1.29, 1.82) is 0 Å². The maximum atomic E-state index is 11.8. The SMILES string of the molecule is CCCC[C@H](NC(=O)COc1cccc(C)c1C)C(=O)O. The molecule has 1 aromatic rings. The van der Waals surface area contributed by atoms with Gasteiger partial charge in [0.1, 0.15) is 11.8 Å². The molecule has 0 aliphatic heterocycles. The van der Waals surface area contributed by atoms with Crippen molar-refractivity contribution in [3.63, 3.8) is 0 Å². The smallest absolute Gasteiger partial charge is 0.326 e. The fourth-order valence-corrected chi connectivity index (χ4v) is 1.93. The highest BCUT2D eigenvalue weighted by molar-refractivity contribution is 5.84. The second-order valence-electron chi connectivity index (χ2n) is 5.09. The number of ether oxygens (including phenoxy) is 1. The number of nitrogens with one attached hydrogen (secondary N) is 1. The Morgan fingerprint density at radius 1 is 1.33 bits per heavy atom. The monoisotopic (exact) mass is 293 g/mol. The van der Waals surface area contributed by atoms with E-state index >= 15 is 0 Å². The zero-order valence-electron chi connectivity index (χ0n) is 12.8. The predicted octanol–water partition coefficient (Wildman–Crippen LogP) is 2.44. The summed E-state index contributed by atoms with van der Waals surface area (Å²) in [6.45, 7) is 5.68. The van der Waals surface area contributed by atoms with Crippen LogP contribution < -0.4 is 10.1 Å². The maximum Gasteiger partial charge on any atom is 0.326 e. The third-order valence-electron chi connectivity index (χ3n) is 3.39. The normalized spacial score (nSPS) is 11.8. The molecule has 1 aromatic carbocycles. The summed E-state index contributed by atoms with van der Waals surface area (Å²) >= 11 is 0. The summed E-state index contributed by atoms with van der Waals surface area (Å²) < 4.78 is 5.46. The minimum Gasteiger partial charge on any atom is -0.483 e. The lowest BCUT2D eigenvalue weighted by Gasteiger charge is -2.15. The first-order valence-corrected chi connectivity index (χ1v) is 7.16. The van der Waals surface area contributed by atoms with E-state index in [0.717, 1.165) is 24.0 Å². The van der Waals surface area contributed by atoms with E-state index in [1.165, 1.54) is 0 Å². The van der Waals surface area contributed by atoms with E-state index in [1.54, 1.807) is 6.07 Å². The summed E-state index contributed by atoms with van der Waals surface area (Å²) in [7, 11) is 0. The zero-order valence-corrected chi connectivity index (χ0v) is 12.8. The van der Waals surface area contributed by atoms with Gasteiger partial charge in [0.15, 0.2) is 6.61 Å². The molecule has 0 aromatic heterocycles. The summed E-state index contributed by atoms with van der Waals surface area (Å²) in [4.78, 5) is 22.8. The first kappa shape index (κ1) is 17.0. The highest BCUT2D eigenvalue weighted by atomic mass is 16.5. The van der Waals surface area contributed by atoms with Crippen LogP contribution in [-0.2, 0) is 9.59 Å². The Morgan fingerprint density at radius 2 is 2.05 bits per heavy atom. The number of aryl methyl sites for hydroxylation is 1. The maximum absolute atomic E-state index is 11.8. The first-order chi connectivity index (χ1) is 9.95. The molecule has 116 valence electrons. The van der Waals surface area contributed by atoms with Crippen LogP contribution in [0.15, 0.2) is 18.2 Å². The fraction of sp³-hybridized carbons (Fsp3) is 0.500. The van der Waals surface area contributed by atoms with Crippen molar-refractivity contribution in [3.05, 3.63) is 29.3 Å². The van der Waals surface area contributed by atoms with E-state index in [-0.39, 0.29) is 6.61 Å². The van der Waals surface area contributed by atoms with E-state index < -0.39 is 17.9 Å². The quantitative estimate of drug-likeness (QED) is 0.772. The lowest BCUT2D eigenvalue weighted by Crippen LogP contribution is -2.42. The number of amides is 1. The average molecular weight is 293 g/mol. The van der Waals surface area contributed by atoms with Gasteiger partial charge >= 0.3 is 5.97 Å². The molecule has 5 heteroatoms. The molecule has 0 saturated heterocycles. The van der Waals surface area contributed by atoms with Gasteiger partial charge in [-0.15, -0.1) is 0 Å². The van der Waals surface area contributed by atoms with Gasteiger partial charge < -0.3 is 15.2 Å². The van der Waals surface area contributed by atoms with Crippen molar-refractivity contribution in [1.82, 2.24) is 5.32 Å². The molecular weight excluding hydrogens is 270 g/mol. The molecule has 5 nitrogen and oxygen atoms in total. The summed E-state index contributed by atoms with van der Waals surface area (Å²) in [6.07, 6.45) is 2.08. The van der Waals surface area contributed by atoms with E-state index in [0.29, 0.717) is 12.2 Å². The van der Waals surface area contributed by atoms with Gasteiger partial charge in [-0.1, -0.05) is 31.9 Å². The standard InChI is InChI=1S/C16H23NO4/c1-4-5-8-13(16(19)20)17-15(18)10-21-14-9-6-7-11(2)12(14)3/h6-7,9,13H,4-5,8,10H2,1-3H3,(H,17,18)(H,19,20)/t13-/m0/s1. The zero-order chi connectivity index (χ0) is 15.8. The van der Waals surface area contributed by atoms with Crippen molar-refractivity contribution >= 4 is 11.9 Å². The number of carboxylic acid groups (broad SMARTS) is 1. The first-order valence-electron chi connectivity index (χ1n) is 7.16. The third kappa shape index (κ3) is 5.45. The van der Waals surface area contributed by atoms with Crippen molar-refractivity contribution in [2.45, 2.75) is 46.1 Å². The number of carbonyl (C=O) groups is 2. The minimum absolute atomic E-state index is 0.180. The molecule has 21 heavy (non-hydrogen) atoms. The van der Waals surface area contributed by atoms with Crippen molar-refractivity contribution in [2.75, 3.05) is 6.61 Å². The van der Waals surface area contributed by atoms with E-state index in [4.69, 9.17) is 9.84 Å². The van der Waals surface area contributed by atoms with E-state index in [2.05, 4.69) is 5.32 Å². The van der Waals surface area contributed by atoms with Crippen LogP contribution in [-0.4, -0.2) is 29.6 Å². The van der Waals surface area contributed by atoms with Gasteiger partial charge in [-0.05, 0) is 37.5 Å².